The minimum atomic E-state index is -4.42. The molecule has 3 N–H and O–H groups in total. The Hall–Kier alpha value is -0.990. The molecule has 0 saturated carbocycles. The molecule has 10 heteroatoms. The first kappa shape index (κ1) is 62.0. The maximum atomic E-state index is 12.2. The Bertz CT molecular complexity index is 1000. The number of amides is 1. The monoisotopic (exact) mass is 916 g/mol. The fraction of sp³-hybridized carbons (Fsp3) is 0.962. The average molecular weight is 916 g/mol. The maximum absolute atomic E-state index is 12.2. The lowest BCUT2D eigenvalue weighted by atomic mass is 10.0. The lowest BCUT2D eigenvalue weighted by Crippen LogP contribution is -2.27. The number of carbonyl (C=O) groups excluding carboxylic acids is 2. The van der Waals surface area contributed by atoms with Crippen molar-refractivity contribution in [2.45, 2.75) is 302 Å². The Labute approximate surface area is 390 Å². The zero-order chi connectivity index (χ0) is 46.0. The van der Waals surface area contributed by atoms with Crippen LogP contribution in [0.1, 0.15) is 296 Å². The number of nitrogens with one attached hydrogen (secondary N) is 1. The van der Waals surface area contributed by atoms with Gasteiger partial charge < -0.3 is 20.1 Å². The number of phosphoric acid groups is 1. The zero-order valence-electron chi connectivity index (χ0n) is 41.8. The molecule has 63 heavy (non-hydrogen) atoms. The molecule has 1 amide bonds. The van der Waals surface area contributed by atoms with Crippen molar-refractivity contribution in [1.82, 2.24) is 5.32 Å². The van der Waals surface area contributed by atoms with Crippen LogP contribution in [0.15, 0.2) is 0 Å². The molecular weight excluding hydrogens is 810 g/mol. The van der Waals surface area contributed by atoms with E-state index in [0.717, 1.165) is 38.5 Å². The normalized spacial score (nSPS) is 13.0. The van der Waals surface area contributed by atoms with Crippen LogP contribution in [0, 0.1) is 0 Å². The summed E-state index contributed by atoms with van der Waals surface area (Å²) in [7, 11) is -4.42. The summed E-state index contributed by atoms with van der Waals surface area (Å²) < 4.78 is 27.0. The number of phosphoric ester groups is 1. The minimum Gasteiger partial charge on any atom is -0.463 e. The molecule has 2 atom stereocenters. The van der Waals surface area contributed by atoms with Crippen molar-refractivity contribution < 1.29 is 37.9 Å². The van der Waals surface area contributed by atoms with Gasteiger partial charge >= 0.3 is 13.8 Å². The SMILES string of the molecule is CCCCCCCCCCCCCCCCCCCCCCCCCCC(=O)NCCOP(=O)(O)OCC(O)COC(=O)CCCCCCCCCCCCCCCCCCCC. The van der Waals surface area contributed by atoms with Gasteiger partial charge in [-0.2, -0.15) is 0 Å². The first-order chi connectivity index (χ1) is 30.8. The molecule has 0 aliphatic rings. The van der Waals surface area contributed by atoms with E-state index in [9.17, 15) is 24.2 Å². The number of rotatable bonds is 53. The van der Waals surface area contributed by atoms with Gasteiger partial charge in [0.15, 0.2) is 0 Å². The minimum absolute atomic E-state index is 0.0890. The van der Waals surface area contributed by atoms with Crippen LogP contribution in [0.3, 0.4) is 0 Å². The zero-order valence-corrected chi connectivity index (χ0v) is 42.7. The molecule has 2 unspecified atom stereocenters. The van der Waals surface area contributed by atoms with Gasteiger partial charge in [0.2, 0.25) is 5.91 Å². The Morgan fingerprint density at radius 3 is 1.03 bits per heavy atom. The van der Waals surface area contributed by atoms with Crippen molar-refractivity contribution in [2.75, 3.05) is 26.4 Å². The van der Waals surface area contributed by atoms with Gasteiger partial charge in [-0.15, -0.1) is 0 Å². The first-order valence-electron chi connectivity index (χ1n) is 27.5. The molecule has 0 aliphatic heterocycles. The summed E-state index contributed by atoms with van der Waals surface area (Å²) in [5.74, 6) is -0.496. The highest BCUT2D eigenvalue weighted by molar-refractivity contribution is 7.47. The van der Waals surface area contributed by atoms with Gasteiger partial charge in [0, 0.05) is 19.4 Å². The van der Waals surface area contributed by atoms with Gasteiger partial charge in [0.1, 0.15) is 12.7 Å². The molecule has 0 saturated heterocycles. The topological polar surface area (TPSA) is 131 Å². The molecule has 0 bridgehead atoms. The Kier molecular flexibility index (Phi) is 49.6. The Balaban J connectivity index is 3.47. The van der Waals surface area contributed by atoms with Gasteiger partial charge in [-0.3, -0.25) is 18.6 Å². The summed E-state index contributed by atoms with van der Waals surface area (Å²) >= 11 is 0. The smallest absolute Gasteiger partial charge is 0.463 e. The third kappa shape index (κ3) is 51.9. The molecule has 0 aromatic heterocycles. The maximum Gasteiger partial charge on any atom is 0.472 e. The Morgan fingerprint density at radius 1 is 0.429 bits per heavy atom. The van der Waals surface area contributed by atoms with Gasteiger partial charge in [-0.05, 0) is 12.8 Å². The third-order valence-corrected chi connectivity index (χ3v) is 13.5. The standard InChI is InChI=1S/C53H106NO8P/c1-3-5-7-9-11-13-15-17-19-21-23-24-25-26-27-28-29-31-33-35-37-39-41-43-45-52(56)54-47-48-61-63(58,59)62-50-51(55)49-60-53(57)46-44-42-40-38-36-34-32-30-22-20-18-16-14-12-10-8-6-4-2/h51,55H,3-50H2,1-2H3,(H,54,56)(H,58,59). The predicted molar refractivity (Wildman–Crippen MR) is 266 cm³/mol. The van der Waals surface area contributed by atoms with E-state index in [4.69, 9.17) is 13.8 Å². The molecule has 0 aromatic carbocycles. The molecular formula is C53H106NO8P. The quantitative estimate of drug-likeness (QED) is 0.0312. The van der Waals surface area contributed by atoms with E-state index in [0.29, 0.717) is 12.8 Å². The molecule has 0 aromatic rings. The fourth-order valence-electron chi connectivity index (χ4n) is 8.39. The number of esters is 1. The second-order valence-corrected chi connectivity index (χ2v) is 20.4. The van der Waals surface area contributed by atoms with Crippen LogP contribution in [-0.2, 0) is 27.9 Å². The van der Waals surface area contributed by atoms with Crippen molar-refractivity contribution in [2.24, 2.45) is 0 Å². The van der Waals surface area contributed by atoms with Gasteiger partial charge in [-0.1, -0.05) is 271 Å². The summed E-state index contributed by atoms with van der Waals surface area (Å²) in [6, 6.07) is 0. The second kappa shape index (κ2) is 50.4. The average Bonchev–Trinajstić information content (AvgIpc) is 3.27. The van der Waals surface area contributed by atoms with E-state index in [1.165, 1.54) is 231 Å². The van der Waals surface area contributed by atoms with Crippen LogP contribution in [0.5, 0.6) is 0 Å². The van der Waals surface area contributed by atoms with E-state index in [1.807, 2.05) is 0 Å². The molecule has 0 aliphatic carbocycles. The number of aliphatic hydroxyl groups is 1. The fourth-order valence-corrected chi connectivity index (χ4v) is 9.14. The largest absolute Gasteiger partial charge is 0.472 e. The van der Waals surface area contributed by atoms with Gasteiger partial charge in [0.05, 0.1) is 13.2 Å². The Morgan fingerprint density at radius 2 is 0.714 bits per heavy atom. The van der Waals surface area contributed by atoms with E-state index >= 15 is 0 Å². The molecule has 376 valence electrons. The highest BCUT2D eigenvalue weighted by Gasteiger charge is 2.23. The van der Waals surface area contributed by atoms with Crippen molar-refractivity contribution in [3.63, 3.8) is 0 Å². The molecule has 0 heterocycles. The van der Waals surface area contributed by atoms with Crippen LogP contribution in [0.2, 0.25) is 0 Å². The van der Waals surface area contributed by atoms with Crippen LogP contribution in [0.25, 0.3) is 0 Å². The number of unbranched alkanes of at least 4 members (excludes halogenated alkanes) is 40. The van der Waals surface area contributed by atoms with Crippen LogP contribution in [0.4, 0.5) is 0 Å². The first-order valence-corrected chi connectivity index (χ1v) is 29.0. The van der Waals surface area contributed by atoms with Crippen molar-refractivity contribution in [3.8, 4) is 0 Å². The molecule has 9 nitrogen and oxygen atoms in total. The molecule has 0 radical (unpaired) electrons. The van der Waals surface area contributed by atoms with Crippen LogP contribution in [-0.4, -0.2) is 54.3 Å². The summed E-state index contributed by atoms with van der Waals surface area (Å²) in [6.45, 7) is 3.64. The molecule has 0 fully saturated rings. The summed E-state index contributed by atoms with van der Waals surface area (Å²) in [5, 5.41) is 12.8. The third-order valence-electron chi connectivity index (χ3n) is 12.5. The van der Waals surface area contributed by atoms with E-state index in [1.54, 1.807) is 0 Å². The summed E-state index contributed by atoms with van der Waals surface area (Å²) in [5.41, 5.74) is 0. The number of ether oxygens (including phenoxy) is 1. The van der Waals surface area contributed by atoms with Crippen molar-refractivity contribution >= 4 is 19.7 Å². The highest BCUT2D eigenvalue weighted by atomic mass is 31.2. The van der Waals surface area contributed by atoms with Gasteiger partial charge in [0.25, 0.3) is 0 Å². The molecule has 0 rings (SSSR count). The number of aliphatic hydroxyl groups excluding tert-OH is 1. The van der Waals surface area contributed by atoms with Crippen molar-refractivity contribution in [1.29, 1.82) is 0 Å². The number of carbonyl (C=O) groups is 2. The lowest BCUT2D eigenvalue weighted by Gasteiger charge is -2.15. The number of hydrogen-bond donors (Lipinski definition) is 3. The van der Waals surface area contributed by atoms with Crippen LogP contribution < -0.4 is 5.32 Å². The summed E-state index contributed by atoms with van der Waals surface area (Å²) in [4.78, 5) is 34.1. The lowest BCUT2D eigenvalue weighted by molar-refractivity contribution is -0.147. The van der Waals surface area contributed by atoms with E-state index in [-0.39, 0.29) is 25.7 Å². The second-order valence-electron chi connectivity index (χ2n) is 18.9. The number of hydrogen-bond acceptors (Lipinski definition) is 7. The van der Waals surface area contributed by atoms with E-state index in [2.05, 4.69) is 19.2 Å². The predicted octanol–water partition coefficient (Wildman–Crippen LogP) is 16.3. The summed E-state index contributed by atoms with van der Waals surface area (Å²) in [6.07, 6.45) is 54.8. The van der Waals surface area contributed by atoms with Gasteiger partial charge in [-0.25, -0.2) is 4.57 Å². The highest BCUT2D eigenvalue weighted by Crippen LogP contribution is 2.42. The molecule has 0 spiro atoms. The van der Waals surface area contributed by atoms with Crippen LogP contribution >= 0.6 is 7.82 Å². The van der Waals surface area contributed by atoms with E-state index < -0.39 is 26.5 Å². The van der Waals surface area contributed by atoms with Crippen molar-refractivity contribution in [3.05, 3.63) is 0 Å².